The van der Waals surface area contributed by atoms with Crippen LogP contribution in [0.1, 0.15) is 38.2 Å². The Hall–Kier alpha value is -1.02. The molecule has 0 fully saturated rings. The van der Waals surface area contributed by atoms with Crippen molar-refractivity contribution in [3.63, 3.8) is 0 Å². The Morgan fingerprint density at radius 2 is 1.75 bits per heavy atom. The summed E-state index contributed by atoms with van der Waals surface area (Å²) in [6.45, 7) is 4.47. The van der Waals surface area contributed by atoms with Crippen LogP contribution in [0.5, 0.6) is 5.75 Å². The first-order chi connectivity index (χ1) is 7.76. The average molecular weight is 221 g/mol. The molecule has 0 saturated carbocycles. The molecular weight excluding hydrogens is 198 g/mol. The second kappa shape index (κ2) is 6.54. The molecule has 0 heterocycles. The van der Waals surface area contributed by atoms with Crippen LogP contribution in [0.2, 0.25) is 0 Å². The molecule has 0 aliphatic heterocycles. The van der Waals surface area contributed by atoms with E-state index in [-0.39, 0.29) is 0 Å². The predicted octanol–water partition coefficient (Wildman–Crippen LogP) is 3.19. The van der Waals surface area contributed by atoms with Crippen molar-refractivity contribution in [1.82, 2.24) is 5.32 Å². The van der Waals surface area contributed by atoms with Gasteiger partial charge in [0.25, 0.3) is 0 Å². The summed E-state index contributed by atoms with van der Waals surface area (Å²) >= 11 is 0. The highest BCUT2D eigenvalue weighted by atomic mass is 16.5. The lowest BCUT2D eigenvalue weighted by Gasteiger charge is -2.25. The second-order valence-electron chi connectivity index (χ2n) is 4.09. The van der Waals surface area contributed by atoms with Crippen molar-refractivity contribution in [3.8, 4) is 5.75 Å². The Balaban J connectivity index is 2.85. The Labute approximate surface area is 99.0 Å². The van der Waals surface area contributed by atoms with Crippen LogP contribution in [0.25, 0.3) is 0 Å². The fraction of sp³-hybridized carbons (Fsp3) is 0.571. The number of benzene rings is 1. The quantitative estimate of drug-likeness (QED) is 0.796. The van der Waals surface area contributed by atoms with E-state index in [0.29, 0.717) is 12.0 Å². The van der Waals surface area contributed by atoms with Crippen molar-refractivity contribution < 1.29 is 4.74 Å². The minimum Gasteiger partial charge on any atom is -0.497 e. The van der Waals surface area contributed by atoms with E-state index in [0.717, 1.165) is 18.6 Å². The van der Waals surface area contributed by atoms with Crippen molar-refractivity contribution in [2.24, 2.45) is 0 Å². The Kier molecular flexibility index (Phi) is 5.33. The largest absolute Gasteiger partial charge is 0.497 e. The number of hydrogen-bond acceptors (Lipinski definition) is 2. The lowest BCUT2D eigenvalue weighted by atomic mass is 9.88. The van der Waals surface area contributed by atoms with Crippen molar-refractivity contribution in [1.29, 1.82) is 0 Å². The predicted molar refractivity (Wildman–Crippen MR) is 69.2 cm³/mol. The van der Waals surface area contributed by atoms with Gasteiger partial charge in [-0.3, -0.25) is 0 Å². The molecule has 2 heteroatoms. The normalized spacial score (nSPS) is 14.5. The minimum atomic E-state index is 0.554. The summed E-state index contributed by atoms with van der Waals surface area (Å²) in [5.41, 5.74) is 1.39. The maximum Gasteiger partial charge on any atom is 0.118 e. The summed E-state index contributed by atoms with van der Waals surface area (Å²) in [5, 5.41) is 3.40. The molecule has 2 atom stereocenters. The molecule has 0 amide bonds. The molecule has 0 spiro atoms. The number of methoxy groups -OCH3 is 1. The van der Waals surface area contributed by atoms with Crippen LogP contribution in [-0.2, 0) is 0 Å². The summed E-state index contributed by atoms with van der Waals surface area (Å²) in [6, 6.07) is 8.99. The molecule has 1 aromatic rings. The zero-order valence-corrected chi connectivity index (χ0v) is 10.8. The van der Waals surface area contributed by atoms with E-state index < -0.39 is 0 Å². The number of hydrogen-bond donors (Lipinski definition) is 1. The maximum absolute atomic E-state index is 5.18. The van der Waals surface area contributed by atoms with Gasteiger partial charge in [-0.05, 0) is 43.5 Å². The fourth-order valence-corrected chi connectivity index (χ4v) is 2.29. The van der Waals surface area contributed by atoms with Gasteiger partial charge in [0.2, 0.25) is 0 Å². The third-order valence-electron chi connectivity index (χ3n) is 3.28. The van der Waals surface area contributed by atoms with E-state index in [1.165, 1.54) is 5.56 Å². The van der Waals surface area contributed by atoms with Crippen LogP contribution < -0.4 is 10.1 Å². The van der Waals surface area contributed by atoms with E-state index in [1.54, 1.807) is 7.11 Å². The summed E-state index contributed by atoms with van der Waals surface area (Å²) in [6.07, 6.45) is 2.31. The van der Waals surface area contributed by atoms with Crippen LogP contribution in [0.3, 0.4) is 0 Å². The van der Waals surface area contributed by atoms with Crippen LogP contribution in [0.4, 0.5) is 0 Å². The zero-order chi connectivity index (χ0) is 12.0. The van der Waals surface area contributed by atoms with Crippen LogP contribution in [0, 0.1) is 0 Å². The molecular formula is C14H23NO. The number of ether oxygens (including phenoxy) is 1. The summed E-state index contributed by atoms with van der Waals surface area (Å²) < 4.78 is 5.18. The maximum atomic E-state index is 5.18. The molecule has 90 valence electrons. The van der Waals surface area contributed by atoms with E-state index in [4.69, 9.17) is 4.74 Å². The molecule has 2 nitrogen and oxygen atoms in total. The number of rotatable bonds is 6. The molecule has 1 rings (SSSR count). The molecule has 0 saturated heterocycles. The molecule has 1 aromatic carbocycles. The van der Waals surface area contributed by atoms with Crippen molar-refractivity contribution in [2.45, 2.75) is 38.6 Å². The third kappa shape index (κ3) is 2.99. The van der Waals surface area contributed by atoms with Gasteiger partial charge in [0.1, 0.15) is 5.75 Å². The second-order valence-corrected chi connectivity index (χ2v) is 4.09. The van der Waals surface area contributed by atoms with Gasteiger partial charge in [0.15, 0.2) is 0 Å². The topological polar surface area (TPSA) is 21.3 Å². The summed E-state index contributed by atoms with van der Waals surface area (Å²) in [5.74, 6) is 1.51. The van der Waals surface area contributed by atoms with Gasteiger partial charge < -0.3 is 10.1 Å². The third-order valence-corrected chi connectivity index (χ3v) is 3.28. The van der Waals surface area contributed by atoms with Gasteiger partial charge in [-0.15, -0.1) is 0 Å². The molecule has 0 aromatic heterocycles. The molecule has 0 aliphatic carbocycles. The number of nitrogens with one attached hydrogen (secondary N) is 1. The Bertz CT molecular complexity index is 290. The monoisotopic (exact) mass is 221 g/mol. The van der Waals surface area contributed by atoms with E-state index in [9.17, 15) is 0 Å². The molecule has 0 radical (unpaired) electrons. The van der Waals surface area contributed by atoms with Gasteiger partial charge in [-0.25, -0.2) is 0 Å². The van der Waals surface area contributed by atoms with Crippen LogP contribution in [-0.4, -0.2) is 20.2 Å². The highest BCUT2D eigenvalue weighted by Gasteiger charge is 2.18. The fourth-order valence-electron chi connectivity index (χ4n) is 2.29. The highest BCUT2D eigenvalue weighted by Crippen LogP contribution is 2.26. The van der Waals surface area contributed by atoms with Gasteiger partial charge in [-0.1, -0.05) is 26.0 Å². The molecule has 0 aliphatic rings. The summed E-state index contributed by atoms with van der Waals surface area (Å²) in [4.78, 5) is 0. The molecule has 16 heavy (non-hydrogen) atoms. The standard InChI is InChI=1S/C14H23NO/c1-5-13(14(6-2)15-3)11-7-9-12(16-4)10-8-11/h7-10,13-15H,5-6H2,1-4H3. The van der Waals surface area contributed by atoms with E-state index in [2.05, 4.69) is 31.3 Å². The van der Waals surface area contributed by atoms with Crippen molar-refractivity contribution in [2.75, 3.05) is 14.2 Å². The molecule has 2 unspecified atom stereocenters. The SMILES string of the molecule is CCC(NC)C(CC)c1ccc(OC)cc1. The van der Waals surface area contributed by atoms with E-state index >= 15 is 0 Å². The molecule has 1 N–H and O–H groups in total. The zero-order valence-electron chi connectivity index (χ0n) is 10.8. The van der Waals surface area contributed by atoms with Gasteiger partial charge >= 0.3 is 0 Å². The van der Waals surface area contributed by atoms with Gasteiger partial charge in [0.05, 0.1) is 7.11 Å². The highest BCUT2D eigenvalue weighted by molar-refractivity contribution is 5.30. The molecule has 0 bridgehead atoms. The van der Waals surface area contributed by atoms with Crippen molar-refractivity contribution >= 4 is 0 Å². The van der Waals surface area contributed by atoms with Crippen LogP contribution >= 0.6 is 0 Å². The minimum absolute atomic E-state index is 0.554. The lowest BCUT2D eigenvalue weighted by Crippen LogP contribution is -2.31. The van der Waals surface area contributed by atoms with Gasteiger partial charge in [-0.2, -0.15) is 0 Å². The Morgan fingerprint density at radius 3 is 2.12 bits per heavy atom. The van der Waals surface area contributed by atoms with Gasteiger partial charge in [0, 0.05) is 6.04 Å². The first kappa shape index (κ1) is 13.0. The summed E-state index contributed by atoms with van der Waals surface area (Å²) in [7, 11) is 3.75. The smallest absolute Gasteiger partial charge is 0.118 e. The van der Waals surface area contributed by atoms with Crippen molar-refractivity contribution in [3.05, 3.63) is 29.8 Å². The van der Waals surface area contributed by atoms with E-state index in [1.807, 2.05) is 19.2 Å². The Morgan fingerprint density at radius 1 is 1.12 bits per heavy atom. The number of likely N-dealkylation sites (N-methyl/N-ethyl adjacent to an activating group) is 1. The first-order valence-electron chi connectivity index (χ1n) is 6.08. The van der Waals surface area contributed by atoms with Crippen LogP contribution in [0.15, 0.2) is 24.3 Å². The first-order valence-corrected chi connectivity index (χ1v) is 6.08. The lowest BCUT2D eigenvalue weighted by molar-refractivity contribution is 0.413. The average Bonchev–Trinajstić information content (AvgIpc) is 2.36.